The van der Waals surface area contributed by atoms with Crippen LogP contribution in [0.25, 0.3) is 21.9 Å². The van der Waals surface area contributed by atoms with E-state index in [0.29, 0.717) is 31.2 Å². The number of pyridine rings is 2. The first-order chi connectivity index (χ1) is 18.4. The SMILES string of the molecule is [2H]C([2H])([2H])n1c(=O)n(C23CCC(N)(C2)C3)c2cc(Nc3cc(C(C)(C)O)c4cccc(C(F)(F)F)c4n3)ncc21. The molecule has 194 valence electrons. The molecule has 3 fully saturated rings. The third-order valence-corrected chi connectivity index (χ3v) is 7.71. The number of nitrogens with two attached hydrogens (primary N) is 1. The van der Waals surface area contributed by atoms with Gasteiger partial charge in [-0.25, -0.2) is 14.8 Å². The number of aromatic nitrogens is 4. The fourth-order valence-corrected chi connectivity index (χ4v) is 6.16. The number of nitrogens with one attached hydrogen (secondary N) is 1. The van der Waals surface area contributed by atoms with Gasteiger partial charge < -0.3 is 16.2 Å². The van der Waals surface area contributed by atoms with Gasteiger partial charge in [0.05, 0.1) is 39.5 Å². The maximum Gasteiger partial charge on any atom is 0.418 e. The summed E-state index contributed by atoms with van der Waals surface area (Å²) in [6, 6.07) is 6.59. The largest absolute Gasteiger partial charge is 0.418 e. The Morgan fingerprint density at radius 2 is 1.89 bits per heavy atom. The van der Waals surface area contributed by atoms with Gasteiger partial charge in [-0.15, -0.1) is 0 Å². The molecule has 3 heterocycles. The zero-order valence-corrected chi connectivity index (χ0v) is 20.1. The van der Waals surface area contributed by atoms with Crippen molar-refractivity contribution in [3.8, 4) is 0 Å². The highest BCUT2D eigenvalue weighted by Crippen LogP contribution is 2.58. The fourth-order valence-electron chi connectivity index (χ4n) is 6.16. The molecule has 0 saturated heterocycles. The van der Waals surface area contributed by atoms with Crippen LogP contribution >= 0.6 is 0 Å². The number of fused-ring (bicyclic) bond motifs is 3. The van der Waals surface area contributed by atoms with Gasteiger partial charge >= 0.3 is 11.9 Å². The molecule has 1 aromatic carbocycles. The van der Waals surface area contributed by atoms with Gasteiger partial charge in [-0.1, -0.05) is 12.1 Å². The number of imidazole rings is 1. The quantitative estimate of drug-likeness (QED) is 0.375. The molecule has 3 aromatic heterocycles. The first kappa shape index (κ1) is 20.6. The molecule has 0 aliphatic heterocycles. The maximum atomic E-state index is 13.9. The highest BCUT2D eigenvalue weighted by atomic mass is 19.4. The Morgan fingerprint density at radius 3 is 2.51 bits per heavy atom. The summed E-state index contributed by atoms with van der Waals surface area (Å²) in [5, 5.41) is 13.8. The van der Waals surface area contributed by atoms with Crippen LogP contribution in [0.15, 0.2) is 41.3 Å². The lowest BCUT2D eigenvalue weighted by Crippen LogP contribution is -2.57. The molecule has 2 bridgehead atoms. The Balaban J connectivity index is 1.52. The second kappa shape index (κ2) is 7.32. The van der Waals surface area contributed by atoms with Gasteiger partial charge in [-0.2, -0.15) is 13.2 Å². The van der Waals surface area contributed by atoms with E-state index in [4.69, 9.17) is 9.85 Å². The van der Waals surface area contributed by atoms with Crippen molar-refractivity contribution in [2.24, 2.45) is 12.7 Å². The number of anilines is 2. The van der Waals surface area contributed by atoms with Gasteiger partial charge in [0, 0.05) is 28.1 Å². The summed E-state index contributed by atoms with van der Waals surface area (Å²) in [4.78, 5) is 22.0. The summed E-state index contributed by atoms with van der Waals surface area (Å²) in [6.45, 7) is 0.165. The summed E-state index contributed by atoms with van der Waals surface area (Å²) in [5.41, 5.74) is 2.50. The van der Waals surface area contributed by atoms with Crippen LogP contribution in [-0.4, -0.2) is 29.7 Å². The monoisotopic (exact) mass is 515 g/mol. The van der Waals surface area contributed by atoms with Crippen LogP contribution in [0, 0.1) is 0 Å². The lowest BCUT2D eigenvalue weighted by molar-refractivity contribution is -0.136. The van der Waals surface area contributed by atoms with E-state index in [2.05, 4.69) is 15.3 Å². The average Bonchev–Trinajstić information content (AvgIpc) is 3.41. The standard InChI is InChI=1S/C26H27F3N6O2/c1-23(2,37)16-9-20(33-21-14(16)5-4-6-15(21)26(27,28)29)32-19-10-17-18(11-31-19)34(3)22(36)35(17)25-8-7-24(30,12-25)13-25/h4-6,9-11,37H,7-8,12-13,30H2,1-3H3,(H,31,32,33)/i3D3. The Bertz CT molecular complexity index is 1750. The Hall–Kier alpha value is -3.44. The number of hydrogen-bond acceptors (Lipinski definition) is 6. The third-order valence-electron chi connectivity index (χ3n) is 7.71. The highest BCUT2D eigenvalue weighted by Gasteiger charge is 2.60. The van der Waals surface area contributed by atoms with Crippen molar-refractivity contribution >= 4 is 33.6 Å². The van der Waals surface area contributed by atoms with Crippen molar-refractivity contribution in [2.75, 3.05) is 5.32 Å². The molecule has 0 unspecified atom stereocenters. The number of aliphatic hydroxyl groups is 1. The summed E-state index contributed by atoms with van der Waals surface area (Å²) in [6.07, 6.45) is -1.04. The van der Waals surface area contributed by atoms with Crippen LogP contribution in [0.1, 0.15) is 54.8 Å². The zero-order valence-electron chi connectivity index (χ0n) is 23.1. The first-order valence-corrected chi connectivity index (χ1v) is 11.9. The molecule has 3 saturated carbocycles. The van der Waals surface area contributed by atoms with Crippen LogP contribution in [0.4, 0.5) is 24.8 Å². The van der Waals surface area contributed by atoms with E-state index in [1.807, 2.05) is 0 Å². The van der Waals surface area contributed by atoms with Crippen LogP contribution in [0.3, 0.4) is 0 Å². The van der Waals surface area contributed by atoms with Gasteiger partial charge in [0.15, 0.2) is 0 Å². The van der Waals surface area contributed by atoms with Crippen LogP contribution in [0.2, 0.25) is 0 Å². The van der Waals surface area contributed by atoms with E-state index < -0.39 is 35.5 Å². The average molecular weight is 516 g/mol. The summed E-state index contributed by atoms with van der Waals surface area (Å²) in [5.74, 6) is 0.121. The van der Waals surface area contributed by atoms with Gasteiger partial charge in [0.2, 0.25) is 0 Å². The Kier molecular flexibility index (Phi) is 4.08. The number of alkyl halides is 3. The highest BCUT2D eigenvalue weighted by molar-refractivity contribution is 5.88. The zero-order chi connectivity index (χ0) is 29.0. The second-order valence-corrected chi connectivity index (χ2v) is 10.9. The maximum absolute atomic E-state index is 13.9. The van der Waals surface area contributed by atoms with Gasteiger partial charge in [0.25, 0.3) is 0 Å². The molecule has 0 radical (unpaired) electrons. The molecular weight excluding hydrogens is 485 g/mol. The molecule has 0 atom stereocenters. The minimum absolute atomic E-state index is 0.0130. The van der Waals surface area contributed by atoms with E-state index in [9.17, 15) is 23.1 Å². The van der Waals surface area contributed by atoms with Crippen molar-refractivity contribution in [3.63, 3.8) is 0 Å². The molecule has 4 N–H and O–H groups in total. The number of para-hydroxylation sites is 1. The molecule has 3 aliphatic carbocycles. The molecular formula is C26H27F3N6O2. The topological polar surface area (TPSA) is 111 Å². The number of nitrogens with zero attached hydrogens (tertiary/aromatic N) is 4. The fraction of sp³-hybridized carbons (Fsp3) is 0.423. The third kappa shape index (κ3) is 3.55. The number of rotatable bonds is 4. The van der Waals surface area contributed by atoms with E-state index >= 15 is 0 Å². The Labute approximate surface area is 214 Å². The minimum atomic E-state index is -4.69. The molecule has 8 nitrogen and oxygen atoms in total. The smallest absolute Gasteiger partial charge is 0.386 e. The summed E-state index contributed by atoms with van der Waals surface area (Å²) >= 11 is 0. The lowest BCUT2D eigenvalue weighted by Gasteiger charge is -2.45. The first-order valence-electron chi connectivity index (χ1n) is 13.4. The van der Waals surface area contributed by atoms with E-state index in [1.165, 1.54) is 48.9 Å². The number of halogens is 3. The number of aryl methyl sites for hydroxylation is 1. The van der Waals surface area contributed by atoms with Crippen molar-refractivity contribution in [1.82, 2.24) is 19.1 Å². The van der Waals surface area contributed by atoms with Crippen molar-refractivity contribution < 1.29 is 22.4 Å². The molecule has 0 spiro atoms. The molecule has 3 aliphatic rings. The summed E-state index contributed by atoms with van der Waals surface area (Å²) < 4.78 is 67.6. The van der Waals surface area contributed by atoms with Crippen molar-refractivity contribution in [2.45, 2.75) is 62.4 Å². The van der Waals surface area contributed by atoms with E-state index in [1.54, 1.807) is 0 Å². The predicted molar refractivity (Wildman–Crippen MR) is 134 cm³/mol. The van der Waals surface area contributed by atoms with E-state index in [-0.39, 0.29) is 39.2 Å². The molecule has 11 heteroatoms. The van der Waals surface area contributed by atoms with Crippen LogP contribution in [0.5, 0.6) is 0 Å². The normalized spacial score (nSPS) is 25.1. The Morgan fingerprint density at radius 1 is 1.14 bits per heavy atom. The number of hydrogen-bond donors (Lipinski definition) is 3. The van der Waals surface area contributed by atoms with Crippen molar-refractivity contribution in [1.29, 1.82) is 0 Å². The van der Waals surface area contributed by atoms with Gasteiger partial charge in [0.1, 0.15) is 11.6 Å². The molecule has 7 rings (SSSR count). The van der Waals surface area contributed by atoms with Crippen molar-refractivity contribution in [3.05, 3.63) is 58.1 Å². The number of benzene rings is 1. The predicted octanol–water partition coefficient (Wildman–Crippen LogP) is 4.25. The molecule has 4 aromatic rings. The van der Waals surface area contributed by atoms with E-state index in [0.717, 1.165) is 10.6 Å². The molecule has 37 heavy (non-hydrogen) atoms. The van der Waals surface area contributed by atoms with Gasteiger partial charge in [-0.3, -0.25) is 9.13 Å². The van der Waals surface area contributed by atoms with Crippen LogP contribution in [-0.2, 0) is 24.3 Å². The summed E-state index contributed by atoms with van der Waals surface area (Å²) in [7, 11) is 0. The van der Waals surface area contributed by atoms with Gasteiger partial charge in [-0.05, 0) is 57.2 Å². The lowest BCUT2D eigenvalue weighted by atomic mass is 9.71. The molecule has 0 amide bonds. The van der Waals surface area contributed by atoms with Crippen LogP contribution < -0.4 is 16.7 Å². The minimum Gasteiger partial charge on any atom is -0.386 e. The second-order valence-electron chi connectivity index (χ2n) is 10.9.